The standard InChI is InChI=1S/C33H46N2O5/c1-40-29-18-14-26(15-19-29)31(37)10-4-5-11-32(38)35(23-20-25-8-2-3-9-25)30(24-34-21-6-7-22-34)33(39)27-12-16-28(36)17-13-27/h12-19,25,30,33,36,39H,2-11,20-24H2,1H3/t30-,33-/m1/s1. The summed E-state index contributed by atoms with van der Waals surface area (Å²) in [5, 5.41) is 21.4. The number of benzene rings is 2. The van der Waals surface area contributed by atoms with Crippen LogP contribution in [-0.4, -0.2) is 71.0 Å². The van der Waals surface area contributed by atoms with Crippen molar-refractivity contribution in [3.63, 3.8) is 0 Å². The van der Waals surface area contributed by atoms with Crippen molar-refractivity contribution in [3.05, 3.63) is 59.7 Å². The molecule has 0 bridgehead atoms. The first-order valence-corrected chi connectivity index (χ1v) is 15.1. The highest BCUT2D eigenvalue weighted by atomic mass is 16.5. The molecule has 2 N–H and O–H groups in total. The molecule has 2 aliphatic rings. The number of carbonyl (C=O) groups is 2. The van der Waals surface area contributed by atoms with Gasteiger partial charge in [-0.15, -0.1) is 0 Å². The van der Waals surface area contributed by atoms with Crippen molar-refractivity contribution in [2.45, 2.75) is 82.8 Å². The zero-order valence-electron chi connectivity index (χ0n) is 24.0. The van der Waals surface area contributed by atoms with E-state index in [1.165, 1.54) is 25.7 Å². The van der Waals surface area contributed by atoms with Gasteiger partial charge in [0.05, 0.1) is 13.2 Å². The van der Waals surface area contributed by atoms with Gasteiger partial charge in [-0.1, -0.05) is 37.8 Å². The minimum absolute atomic E-state index is 0.0527. The summed E-state index contributed by atoms with van der Waals surface area (Å²) in [6, 6.07) is 13.5. The lowest BCUT2D eigenvalue weighted by atomic mass is 9.97. The summed E-state index contributed by atoms with van der Waals surface area (Å²) in [6.07, 6.45) is 9.37. The highest BCUT2D eigenvalue weighted by Crippen LogP contribution is 2.30. The van der Waals surface area contributed by atoms with Crippen LogP contribution in [0.2, 0.25) is 0 Å². The van der Waals surface area contributed by atoms with Gasteiger partial charge in [-0.05, 0) is 93.1 Å². The Morgan fingerprint density at radius 1 is 0.950 bits per heavy atom. The number of likely N-dealkylation sites (tertiary alicyclic amines) is 1. The second-order valence-corrected chi connectivity index (χ2v) is 11.5. The molecule has 1 heterocycles. The number of aliphatic hydroxyl groups excluding tert-OH is 1. The predicted octanol–water partition coefficient (Wildman–Crippen LogP) is 5.75. The maximum atomic E-state index is 13.8. The quantitative estimate of drug-likeness (QED) is 0.217. The SMILES string of the molecule is COc1ccc(C(=O)CCCCC(=O)N(CCC2CCCC2)[C@H](CN2CCCC2)[C@H](O)c2ccc(O)cc2)cc1. The lowest BCUT2D eigenvalue weighted by molar-refractivity contribution is -0.137. The lowest BCUT2D eigenvalue weighted by Crippen LogP contribution is -2.50. The monoisotopic (exact) mass is 550 g/mol. The molecule has 0 radical (unpaired) electrons. The van der Waals surface area contributed by atoms with E-state index in [4.69, 9.17) is 4.74 Å². The summed E-state index contributed by atoms with van der Waals surface area (Å²) >= 11 is 0. The number of rotatable bonds is 15. The Hall–Kier alpha value is -2.90. The Morgan fingerprint density at radius 3 is 2.25 bits per heavy atom. The van der Waals surface area contributed by atoms with Crippen molar-refractivity contribution in [2.75, 3.05) is 33.3 Å². The molecule has 2 atom stereocenters. The van der Waals surface area contributed by atoms with E-state index in [-0.39, 0.29) is 23.5 Å². The molecule has 1 aliphatic carbocycles. The van der Waals surface area contributed by atoms with Crippen molar-refractivity contribution >= 4 is 11.7 Å². The first-order valence-electron chi connectivity index (χ1n) is 15.1. The number of ether oxygens (including phenoxy) is 1. The number of phenols is 1. The minimum atomic E-state index is -0.842. The van der Waals surface area contributed by atoms with Gasteiger partial charge in [0, 0.05) is 31.5 Å². The van der Waals surface area contributed by atoms with Crippen molar-refractivity contribution in [2.24, 2.45) is 5.92 Å². The van der Waals surface area contributed by atoms with Gasteiger partial charge in [0.2, 0.25) is 5.91 Å². The van der Waals surface area contributed by atoms with Crippen LogP contribution in [0.25, 0.3) is 0 Å². The van der Waals surface area contributed by atoms with Crippen molar-refractivity contribution in [1.82, 2.24) is 9.80 Å². The van der Waals surface area contributed by atoms with Crippen LogP contribution >= 0.6 is 0 Å². The molecule has 1 amide bonds. The summed E-state index contributed by atoms with van der Waals surface area (Å²) in [7, 11) is 1.60. The topological polar surface area (TPSA) is 90.3 Å². The smallest absolute Gasteiger partial charge is 0.222 e. The van der Waals surface area contributed by atoms with Crippen LogP contribution in [0, 0.1) is 5.92 Å². The number of unbranched alkanes of at least 4 members (excludes halogenated alkanes) is 1. The lowest BCUT2D eigenvalue weighted by Gasteiger charge is -2.38. The Bertz CT molecular complexity index is 1060. The van der Waals surface area contributed by atoms with Crippen LogP contribution in [0.4, 0.5) is 0 Å². The molecule has 0 spiro atoms. The van der Waals surface area contributed by atoms with Crippen LogP contribution < -0.4 is 4.74 Å². The minimum Gasteiger partial charge on any atom is -0.508 e. The van der Waals surface area contributed by atoms with Crippen LogP contribution in [-0.2, 0) is 4.79 Å². The van der Waals surface area contributed by atoms with E-state index in [1.807, 2.05) is 4.90 Å². The first-order chi connectivity index (χ1) is 19.4. The van der Waals surface area contributed by atoms with Gasteiger partial charge in [0.15, 0.2) is 5.78 Å². The molecule has 2 fully saturated rings. The summed E-state index contributed by atoms with van der Waals surface area (Å²) < 4.78 is 5.17. The zero-order chi connectivity index (χ0) is 28.3. The Balaban J connectivity index is 1.42. The van der Waals surface area contributed by atoms with Gasteiger partial charge in [0.1, 0.15) is 17.6 Å². The Labute approximate surface area is 239 Å². The molecule has 2 aromatic rings. The molecule has 2 aromatic carbocycles. The molecule has 1 saturated carbocycles. The molecule has 0 aromatic heterocycles. The molecule has 1 saturated heterocycles. The van der Waals surface area contributed by atoms with Crippen LogP contribution in [0.5, 0.6) is 11.5 Å². The predicted molar refractivity (Wildman–Crippen MR) is 157 cm³/mol. The molecule has 7 heteroatoms. The van der Waals surface area contributed by atoms with Gasteiger partial charge in [-0.2, -0.15) is 0 Å². The van der Waals surface area contributed by atoms with E-state index in [1.54, 1.807) is 55.6 Å². The highest BCUT2D eigenvalue weighted by Gasteiger charge is 2.33. The number of nitrogens with zero attached hydrogens (tertiary/aromatic N) is 2. The fourth-order valence-electron chi connectivity index (χ4n) is 6.22. The second-order valence-electron chi connectivity index (χ2n) is 11.5. The molecular weight excluding hydrogens is 504 g/mol. The number of amides is 1. The average Bonchev–Trinajstić information content (AvgIpc) is 3.69. The van der Waals surface area contributed by atoms with Crippen molar-refractivity contribution in [1.29, 1.82) is 0 Å². The van der Waals surface area contributed by atoms with Gasteiger partial charge in [0.25, 0.3) is 0 Å². The molecule has 4 rings (SSSR count). The maximum absolute atomic E-state index is 13.8. The largest absolute Gasteiger partial charge is 0.508 e. The fraction of sp³-hybridized carbons (Fsp3) is 0.576. The number of aromatic hydroxyl groups is 1. The highest BCUT2D eigenvalue weighted by molar-refractivity contribution is 5.96. The van der Waals surface area contributed by atoms with E-state index in [2.05, 4.69) is 4.90 Å². The third-order valence-corrected chi connectivity index (χ3v) is 8.67. The molecule has 218 valence electrons. The third-order valence-electron chi connectivity index (χ3n) is 8.67. The summed E-state index contributed by atoms with van der Waals surface area (Å²) in [5.41, 5.74) is 1.37. The summed E-state index contributed by atoms with van der Waals surface area (Å²) in [6.45, 7) is 3.24. The number of aliphatic hydroxyl groups is 1. The first kappa shape index (κ1) is 30.1. The van der Waals surface area contributed by atoms with Crippen molar-refractivity contribution < 1.29 is 24.5 Å². The Kier molecular flexibility index (Phi) is 11.4. The van der Waals surface area contributed by atoms with Crippen LogP contribution in [0.1, 0.15) is 92.7 Å². The number of Topliss-reactive ketones (excluding diaryl/α,β-unsaturated/α-hetero) is 1. The van der Waals surface area contributed by atoms with E-state index >= 15 is 0 Å². The molecule has 7 nitrogen and oxygen atoms in total. The van der Waals surface area contributed by atoms with E-state index < -0.39 is 6.10 Å². The van der Waals surface area contributed by atoms with E-state index in [0.29, 0.717) is 55.8 Å². The number of phenolic OH excluding ortho intramolecular Hbond substituents is 1. The van der Waals surface area contributed by atoms with Gasteiger partial charge in [-0.25, -0.2) is 0 Å². The van der Waals surface area contributed by atoms with Crippen molar-refractivity contribution in [3.8, 4) is 11.5 Å². The molecular formula is C33H46N2O5. The molecule has 0 unspecified atom stereocenters. The van der Waals surface area contributed by atoms with Gasteiger partial charge < -0.3 is 24.7 Å². The fourth-order valence-corrected chi connectivity index (χ4v) is 6.22. The van der Waals surface area contributed by atoms with E-state index in [0.717, 1.165) is 38.1 Å². The number of carbonyl (C=O) groups excluding carboxylic acids is 2. The Morgan fingerprint density at radius 2 is 1.60 bits per heavy atom. The average molecular weight is 551 g/mol. The molecule has 40 heavy (non-hydrogen) atoms. The summed E-state index contributed by atoms with van der Waals surface area (Å²) in [4.78, 5) is 30.8. The summed E-state index contributed by atoms with van der Waals surface area (Å²) in [5.74, 6) is 1.64. The molecule has 1 aliphatic heterocycles. The van der Waals surface area contributed by atoms with Crippen LogP contribution in [0.3, 0.4) is 0 Å². The second kappa shape index (κ2) is 15.2. The van der Waals surface area contributed by atoms with Gasteiger partial charge in [-0.3, -0.25) is 9.59 Å². The van der Waals surface area contributed by atoms with Gasteiger partial charge >= 0.3 is 0 Å². The number of methoxy groups -OCH3 is 1. The maximum Gasteiger partial charge on any atom is 0.222 e. The number of hydrogen-bond acceptors (Lipinski definition) is 6. The number of hydrogen-bond donors (Lipinski definition) is 2. The number of ketones is 1. The van der Waals surface area contributed by atoms with Crippen LogP contribution in [0.15, 0.2) is 48.5 Å². The van der Waals surface area contributed by atoms with E-state index in [9.17, 15) is 19.8 Å². The zero-order valence-corrected chi connectivity index (χ0v) is 24.0. The normalized spacial score (nSPS) is 17.6. The third kappa shape index (κ3) is 8.55.